The SMILES string of the molecule is NCCCCC(C(c1ccccc1)c1ccccc1)C(c1ccccc1)c1ccccc1. The van der Waals surface area contributed by atoms with Gasteiger partial charge in [0.2, 0.25) is 0 Å². The van der Waals surface area contributed by atoms with Crippen molar-refractivity contribution in [3.05, 3.63) is 144 Å². The lowest BCUT2D eigenvalue weighted by molar-refractivity contribution is 0.374. The maximum atomic E-state index is 5.91. The van der Waals surface area contributed by atoms with E-state index in [9.17, 15) is 0 Å². The number of benzene rings is 4. The molecule has 162 valence electrons. The first-order valence-electron chi connectivity index (χ1n) is 11.8. The summed E-state index contributed by atoms with van der Waals surface area (Å²) in [6.07, 6.45) is 3.32. The average molecular weight is 420 g/mol. The summed E-state index contributed by atoms with van der Waals surface area (Å²) in [4.78, 5) is 0. The van der Waals surface area contributed by atoms with Gasteiger partial charge in [0.1, 0.15) is 0 Å². The predicted octanol–water partition coefficient (Wildman–Crippen LogP) is 7.40. The van der Waals surface area contributed by atoms with Crippen LogP contribution in [0.4, 0.5) is 0 Å². The molecule has 1 heteroatoms. The number of nitrogens with two attached hydrogens (primary N) is 1. The Hall–Kier alpha value is -3.16. The van der Waals surface area contributed by atoms with Crippen molar-refractivity contribution in [1.82, 2.24) is 0 Å². The highest BCUT2D eigenvalue weighted by atomic mass is 14.5. The maximum Gasteiger partial charge on any atom is 0.0127 e. The summed E-state index contributed by atoms with van der Waals surface area (Å²) in [7, 11) is 0. The second-order valence-electron chi connectivity index (χ2n) is 8.55. The second-order valence-corrected chi connectivity index (χ2v) is 8.55. The van der Waals surface area contributed by atoms with Crippen molar-refractivity contribution in [2.75, 3.05) is 6.54 Å². The lowest BCUT2D eigenvalue weighted by Gasteiger charge is -2.36. The quantitative estimate of drug-likeness (QED) is 0.266. The van der Waals surface area contributed by atoms with Gasteiger partial charge >= 0.3 is 0 Å². The van der Waals surface area contributed by atoms with Gasteiger partial charge < -0.3 is 5.73 Å². The summed E-state index contributed by atoms with van der Waals surface area (Å²) >= 11 is 0. The first-order valence-corrected chi connectivity index (χ1v) is 11.8. The van der Waals surface area contributed by atoms with Crippen LogP contribution in [0.25, 0.3) is 0 Å². The fraction of sp³-hybridized carbons (Fsp3) is 0.226. The summed E-state index contributed by atoms with van der Waals surface area (Å²) in [5, 5.41) is 0. The maximum absolute atomic E-state index is 5.91. The van der Waals surface area contributed by atoms with Crippen LogP contribution in [0.1, 0.15) is 53.4 Å². The van der Waals surface area contributed by atoms with E-state index in [4.69, 9.17) is 5.73 Å². The molecule has 0 aliphatic rings. The molecule has 0 fully saturated rings. The van der Waals surface area contributed by atoms with E-state index in [0.29, 0.717) is 17.8 Å². The Morgan fingerprint density at radius 1 is 0.438 bits per heavy atom. The van der Waals surface area contributed by atoms with Gasteiger partial charge in [-0.05, 0) is 47.6 Å². The highest BCUT2D eigenvalue weighted by Gasteiger charge is 2.33. The molecule has 0 amide bonds. The Kier molecular flexibility index (Phi) is 7.89. The lowest BCUT2D eigenvalue weighted by Crippen LogP contribution is -2.23. The van der Waals surface area contributed by atoms with Crippen LogP contribution in [0, 0.1) is 5.92 Å². The molecule has 0 atom stereocenters. The Labute approximate surface area is 192 Å². The summed E-state index contributed by atoms with van der Waals surface area (Å²) in [6, 6.07) is 44.1. The molecule has 0 aromatic heterocycles. The average Bonchev–Trinajstić information content (AvgIpc) is 2.87. The topological polar surface area (TPSA) is 26.0 Å². The van der Waals surface area contributed by atoms with Crippen LogP contribution in [0.3, 0.4) is 0 Å². The number of hydrogen-bond acceptors (Lipinski definition) is 1. The molecule has 0 saturated carbocycles. The van der Waals surface area contributed by atoms with E-state index >= 15 is 0 Å². The predicted molar refractivity (Wildman–Crippen MR) is 136 cm³/mol. The van der Waals surface area contributed by atoms with E-state index in [2.05, 4.69) is 121 Å². The molecular weight excluding hydrogens is 386 g/mol. The molecule has 0 heterocycles. The van der Waals surface area contributed by atoms with Gasteiger partial charge in [-0.1, -0.05) is 128 Å². The van der Waals surface area contributed by atoms with Gasteiger partial charge in [-0.2, -0.15) is 0 Å². The van der Waals surface area contributed by atoms with Crippen molar-refractivity contribution in [2.24, 2.45) is 11.7 Å². The third kappa shape index (κ3) is 5.36. The van der Waals surface area contributed by atoms with Crippen molar-refractivity contribution in [3.63, 3.8) is 0 Å². The number of hydrogen-bond donors (Lipinski definition) is 1. The zero-order chi connectivity index (χ0) is 22.0. The van der Waals surface area contributed by atoms with E-state index in [1.165, 1.54) is 22.3 Å². The minimum absolute atomic E-state index is 0.306. The molecule has 2 N–H and O–H groups in total. The van der Waals surface area contributed by atoms with E-state index in [-0.39, 0.29) is 0 Å². The summed E-state index contributed by atoms with van der Waals surface area (Å²) in [5.41, 5.74) is 11.4. The zero-order valence-electron chi connectivity index (χ0n) is 18.7. The van der Waals surface area contributed by atoms with Crippen molar-refractivity contribution >= 4 is 0 Å². The molecule has 4 rings (SSSR count). The molecule has 1 nitrogen and oxygen atoms in total. The van der Waals surface area contributed by atoms with Crippen LogP contribution in [-0.4, -0.2) is 6.54 Å². The molecule has 0 radical (unpaired) electrons. The van der Waals surface area contributed by atoms with E-state index in [1.54, 1.807) is 0 Å². The van der Waals surface area contributed by atoms with E-state index < -0.39 is 0 Å². The van der Waals surface area contributed by atoms with Gasteiger partial charge in [0, 0.05) is 11.8 Å². The van der Waals surface area contributed by atoms with Gasteiger partial charge in [-0.25, -0.2) is 0 Å². The molecule has 32 heavy (non-hydrogen) atoms. The third-order valence-corrected chi connectivity index (χ3v) is 6.48. The molecule has 0 saturated heterocycles. The normalized spacial score (nSPS) is 11.4. The molecule has 4 aromatic rings. The van der Waals surface area contributed by atoms with Gasteiger partial charge in [0.15, 0.2) is 0 Å². The highest BCUT2D eigenvalue weighted by molar-refractivity contribution is 5.39. The third-order valence-electron chi connectivity index (χ3n) is 6.48. The Morgan fingerprint density at radius 2 is 0.750 bits per heavy atom. The number of unbranched alkanes of at least 4 members (excludes halogenated alkanes) is 1. The number of rotatable bonds is 10. The summed E-state index contributed by atoms with van der Waals surface area (Å²) in [6.45, 7) is 0.745. The van der Waals surface area contributed by atoms with Gasteiger partial charge in [-0.3, -0.25) is 0 Å². The lowest BCUT2D eigenvalue weighted by atomic mass is 9.68. The van der Waals surface area contributed by atoms with E-state index in [1.807, 2.05) is 0 Å². The van der Waals surface area contributed by atoms with Crippen molar-refractivity contribution < 1.29 is 0 Å². The van der Waals surface area contributed by atoms with Crippen LogP contribution in [-0.2, 0) is 0 Å². The van der Waals surface area contributed by atoms with Crippen LogP contribution in [0.15, 0.2) is 121 Å². The van der Waals surface area contributed by atoms with Gasteiger partial charge in [-0.15, -0.1) is 0 Å². The van der Waals surface area contributed by atoms with Crippen LogP contribution in [0.2, 0.25) is 0 Å². The first-order chi connectivity index (χ1) is 15.9. The first kappa shape index (κ1) is 22.0. The van der Waals surface area contributed by atoms with Crippen LogP contribution in [0.5, 0.6) is 0 Å². The van der Waals surface area contributed by atoms with Crippen molar-refractivity contribution in [3.8, 4) is 0 Å². The fourth-order valence-corrected chi connectivity index (χ4v) is 5.07. The Balaban J connectivity index is 1.88. The van der Waals surface area contributed by atoms with Gasteiger partial charge in [0.05, 0.1) is 0 Å². The fourth-order valence-electron chi connectivity index (χ4n) is 5.07. The smallest absolute Gasteiger partial charge is 0.0127 e. The zero-order valence-corrected chi connectivity index (χ0v) is 18.7. The standard InChI is InChI=1S/C31H33N/c32-24-14-13-23-29(30(25-15-5-1-6-16-25)26-17-7-2-8-18-26)31(27-19-9-3-10-20-27)28-21-11-4-12-22-28/h1-12,15-22,29-31H,13-14,23-24,32H2. The monoisotopic (exact) mass is 419 g/mol. The van der Waals surface area contributed by atoms with Gasteiger partial charge in [0.25, 0.3) is 0 Å². The molecule has 0 aliphatic heterocycles. The summed E-state index contributed by atoms with van der Waals surface area (Å²) < 4.78 is 0. The Bertz CT molecular complexity index is 867. The van der Waals surface area contributed by atoms with Crippen LogP contribution >= 0.6 is 0 Å². The van der Waals surface area contributed by atoms with Crippen molar-refractivity contribution in [1.29, 1.82) is 0 Å². The largest absolute Gasteiger partial charge is 0.330 e. The molecule has 0 unspecified atom stereocenters. The molecule has 0 aliphatic carbocycles. The Morgan fingerprint density at radius 3 is 1.03 bits per heavy atom. The molecule has 0 spiro atoms. The molecule has 4 aromatic carbocycles. The highest BCUT2D eigenvalue weighted by Crippen LogP contribution is 2.46. The van der Waals surface area contributed by atoms with Crippen LogP contribution < -0.4 is 5.73 Å². The minimum Gasteiger partial charge on any atom is -0.330 e. The molecular formula is C31H33N. The minimum atomic E-state index is 0.306. The van der Waals surface area contributed by atoms with Crippen molar-refractivity contribution in [2.45, 2.75) is 31.1 Å². The second kappa shape index (κ2) is 11.5. The summed E-state index contributed by atoms with van der Waals surface area (Å²) in [5.74, 6) is 1.03. The molecule has 0 bridgehead atoms. The van der Waals surface area contributed by atoms with E-state index in [0.717, 1.165) is 25.8 Å².